The molecular formula is C18H27FN4O3. The third kappa shape index (κ3) is 6.70. The van der Waals surface area contributed by atoms with E-state index in [1.165, 1.54) is 6.07 Å². The van der Waals surface area contributed by atoms with Crippen LogP contribution in [0.25, 0.3) is 0 Å². The van der Waals surface area contributed by atoms with Gasteiger partial charge >= 0.3 is 0 Å². The van der Waals surface area contributed by atoms with Crippen LogP contribution in [0.4, 0.5) is 10.1 Å². The number of rotatable bonds is 8. The number of amides is 2. The van der Waals surface area contributed by atoms with Gasteiger partial charge in [-0.15, -0.1) is 0 Å². The normalized spacial score (nSPS) is 15.7. The molecular weight excluding hydrogens is 339 g/mol. The lowest BCUT2D eigenvalue weighted by Gasteiger charge is -2.33. The molecule has 0 saturated carbocycles. The van der Waals surface area contributed by atoms with Crippen molar-refractivity contribution >= 4 is 17.5 Å². The summed E-state index contributed by atoms with van der Waals surface area (Å²) in [5.41, 5.74) is 1.01. The number of halogens is 1. The number of hydrogen-bond donors (Lipinski definition) is 2. The molecule has 1 heterocycles. The second kappa shape index (κ2) is 10.2. The first kappa shape index (κ1) is 20.3. The van der Waals surface area contributed by atoms with E-state index in [-0.39, 0.29) is 24.2 Å². The minimum Gasteiger partial charge on any atom is -0.383 e. The highest BCUT2D eigenvalue weighted by Gasteiger charge is 2.20. The summed E-state index contributed by atoms with van der Waals surface area (Å²) < 4.78 is 18.4. The quantitative estimate of drug-likeness (QED) is 0.654. The molecule has 1 fully saturated rings. The number of ether oxygens (including phenoxy) is 1. The first-order valence-corrected chi connectivity index (χ1v) is 8.74. The number of nitrogens with zero attached hydrogens (tertiary/aromatic N) is 2. The van der Waals surface area contributed by atoms with Crippen LogP contribution in [0.5, 0.6) is 0 Å². The van der Waals surface area contributed by atoms with Gasteiger partial charge in [0.05, 0.1) is 19.7 Å². The number of piperazine rings is 1. The lowest BCUT2D eigenvalue weighted by atomic mass is 10.2. The average molecular weight is 366 g/mol. The Labute approximate surface area is 153 Å². The molecule has 0 aromatic heterocycles. The summed E-state index contributed by atoms with van der Waals surface area (Å²) >= 11 is 0. The molecule has 0 unspecified atom stereocenters. The van der Waals surface area contributed by atoms with E-state index < -0.39 is 0 Å². The van der Waals surface area contributed by atoms with E-state index in [0.717, 1.165) is 13.1 Å². The lowest BCUT2D eigenvalue weighted by Crippen LogP contribution is -2.51. The molecule has 0 bridgehead atoms. The second-order valence-electron chi connectivity index (χ2n) is 6.41. The Morgan fingerprint density at radius 3 is 2.31 bits per heavy atom. The first-order valence-electron chi connectivity index (χ1n) is 8.74. The van der Waals surface area contributed by atoms with Gasteiger partial charge in [-0.05, 0) is 24.6 Å². The van der Waals surface area contributed by atoms with Crippen LogP contribution in [0.2, 0.25) is 0 Å². The summed E-state index contributed by atoms with van der Waals surface area (Å²) in [7, 11) is 1.59. The minimum atomic E-state index is -0.333. The van der Waals surface area contributed by atoms with E-state index in [1.807, 2.05) is 4.90 Å². The molecule has 2 rings (SSSR count). The zero-order valence-corrected chi connectivity index (χ0v) is 15.4. The second-order valence-corrected chi connectivity index (χ2v) is 6.41. The van der Waals surface area contributed by atoms with E-state index in [0.29, 0.717) is 44.0 Å². The fourth-order valence-electron chi connectivity index (χ4n) is 2.73. The molecule has 26 heavy (non-hydrogen) atoms. The van der Waals surface area contributed by atoms with Gasteiger partial charge in [-0.3, -0.25) is 19.4 Å². The van der Waals surface area contributed by atoms with Gasteiger partial charge in [-0.1, -0.05) is 6.07 Å². The van der Waals surface area contributed by atoms with Gasteiger partial charge in [0.25, 0.3) is 0 Å². The Bertz CT molecular complexity index is 618. The van der Waals surface area contributed by atoms with E-state index >= 15 is 0 Å². The fraction of sp³-hybridized carbons (Fsp3) is 0.556. The highest BCUT2D eigenvalue weighted by Crippen LogP contribution is 2.13. The Kier molecular flexibility index (Phi) is 7.96. The predicted molar refractivity (Wildman–Crippen MR) is 97.5 cm³/mol. The van der Waals surface area contributed by atoms with E-state index in [9.17, 15) is 14.0 Å². The predicted octanol–water partition coefficient (Wildman–Crippen LogP) is 0.453. The van der Waals surface area contributed by atoms with Gasteiger partial charge in [0.15, 0.2) is 0 Å². The average Bonchev–Trinajstić information content (AvgIpc) is 2.60. The first-order chi connectivity index (χ1) is 12.5. The molecule has 8 heteroatoms. The Hall–Kier alpha value is -2.03. The van der Waals surface area contributed by atoms with Crippen LogP contribution in [0.15, 0.2) is 18.2 Å². The van der Waals surface area contributed by atoms with E-state index in [2.05, 4.69) is 15.5 Å². The standard InChI is InChI=1S/C18H27FN4O3/c1-14-3-4-15(11-16(14)19)21-18(25)13-23-8-6-22(7-9-23)12-17(24)20-5-10-26-2/h3-4,11H,5-10,12-13H2,1-2H3,(H,20,24)(H,21,25). The number of anilines is 1. The van der Waals surface area contributed by atoms with Crippen molar-refractivity contribution in [3.05, 3.63) is 29.6 Å². The van der Waals surface area contributed by atoms with Crippen molar-refractivity contribution in [2.24, 2.45) is 0 Å². The van der Waals surface area contributed by atoms with Crippen molar-refractivity contribution in [3.63, 3.8) is 0 Å². The highest BCUT2D eigenvalue weighted by atomic mass is 19.1. The summed E-state index contributed by atoms with van der Waals surface area (Å²) in [6, 6.07) is 4.66. The van der Waals surface area contributed by atoms with Crippen LogP contribution in [0.1, 0.15) is 5.56 Å². The maximum Gasteiger partial charge on any atom is 0.238 e. The molecule has 1 aliphatic heterocycles. The molecule has 7 nitrogen and oxygen atoms in total. The van der Waals surface area contributed by atoms with Gasteiger partial charge in [0.1, 0.15) is 5.82 Å². The number of carbonyl (C=O) groups is 2. The van der Waals surface area contributed by atoms with Crippen LogP contribution in [-0.2, 0) is 14.3 Å². The number of methoxy groups -OCH3 is 1. The van der Waals surface area contributed by atoms with Crippen LogP contribution in [-0.4, -0.2) is 81.1 Å². The summed E-state index contributed by atoms with van der Waals surface area (Å²) in [6.07, 6.45) is 0. The fourth-order valence-corrected chi connectivity index (χ4v) is 2.73. The van der Waals surface area contributed by atoms with Crippen LogP contribution >= 0.6 is 0 Å². The SMILES string of the molecule is COCCNC(=O)CN1CCN(CC(=O)Nc2ccc(C)c(F)c2)CC1. The molecule has 144 valence electrons. The van der Waals surface area contributed by atoms with Gasteiger partial charge in [0, 0.05) is 45.5 Å². The maximum atomic E-state index is 13.5. The molecule has 0 radical (unpaired) electrons. The van der Waals surface area contributed by atoms with Crippen molar-refractivity contribution in [2.75, 3.05) is 64.8 Å². The van der Waals surface area contributed by atoms with Crippen molar-refractivity contribution in [1.82, 2.24) is 15.1 Å². The summed E-state index contributed by atoms with van der Waals surface area (Å²) in [5.74, 6) is -0.520. The summed E-state index contributed by atoms with van der Waals surface area (Å²) in [4.78, 5) is 28.0. The lowest BCUT2D eigenvalue weighted by molar-refractivity contribution is -0.123. The van der Waals surface area contributed by atoms with E-state index in [1.54, 1.807) is 26.2 Å². The molecule has 1 aliphatic rings. The maximum absolute atomic E-state index is 13.5. The number of aryl methyl sites for hydroxylation is 1. The van der Waals surface area contributed by atoms with Crippen molar-refractivity contribution in [3.8, 4) is 0 Å². The van der Waals surface area contributed by atoms with E-state index in [4.69, 9.17) is 4.74 Å². The molecule has 0 spiro atoms. The van der Waals surface area contributed by atoms with Gasteiger partial charge < -0.3 is 15.4 Å². The number of nitrogens with one attached hydrogen (secondary N) is 2. The van der Waals surface area contributed by atoms with Crippen molar-refractivity contribution in [2.45, 2.75) is 6.92 Å². The molecule has 1 aromatic carbocycles. The summed E-state index contributed by atoms with van der Waals surface area (Å²) in [6.45, 7) is 6.17. The zero-order chi connectivity index (χ0) is 18.9. The third-order valence-electron chi connectivity index (χ3n) is 4.28. The molecule has 0 aliphatic carbocycles. The zero-order valence-electron chi connectivity index (χ0n) is 15.4. The van der Waals surface area contributed by atoms with Crippen LogP contribution in [0.3, 0.4) is 0 Å². The van der Waals surface area contributed by atoms with Gasteiger partial charge in [-0.25, -0.2) is 4.39 Å². The topological polar surface area (TPSA) is 73.9 Å². The monoisotopic (exact) mass is 366 g/mol. The highest BCUT2D eigenvalue weighted by molar-refractivity contribution is 5.92. The van der Waals surface area contributed by atoms with Crippen molar-refractivity contribution in [1.29, 1.82) is 0 Å². The Morgan fingerprint density at radius 2 is 1.73 bits per heavy atom. The summed E-state index contributed by atoms with van der Waals surface area (Å²) in [5, 5.41) is 5.52. The number of benzene rings is 1. The Balaban J connectivity index is 1.68. The van der Waals surface area contributed by atoms with Crippen LogP contribution in [0, 0.1) is 12.7 Å². The minimum absolute atomic E-state index is 0.0189. The third-order valence-corrected chi connectivity index (χ3v) is 4.28. The largest absolute Gasteiger partial charge is 0.383 e. The van der Waals surface area contributed by atoms with Crippen molar-refractivity contribution < 1.29 is 18.7 Å². The number of hydrogen-bond acceptors (Lipinski definition) is 5. The molecule has 1 saturated heterocycles. The molecule has 0 atom stereocenters. The Morgan fingerprint density at radius 1 is 1.12 bits per heavy atom. The van der Waals surface area contributed by atoms with Gasteiger partial charge in [0.2, 0.25) is 11.8 Å². The smallest absolute Gasteiger partial charge is 0.238 e. The molecule has 2 N–H and O–H groups in total. The number of carbonyl (C=O) groups excluding carboxylic acids is 2. The van der Waals surface area contributed by atoms with Crippen LogP contribution < -0.4 is 10.6 Å². The molecule has 1 aromatic rings. The van der Waals surface area contributed by atoms with Gasteiger partial charge in [-0.2, -0.15) is 0 Å². The molecule has 2 amide bonds.